The van der Waals surface area contributed by atoms with E-state index in [4.69, 9.17) is 5.11 Å². The highest BCUT2D eigenvalue weighted by Crippen LogP contribution is 2.01. The smallest absolute Gasteiger partial charge is 0.322 e. The molecular weight excluding hydrogens is 204 g/mol. The number of likely N-dealkylation sites (N-methyl/N-ethyl adjacent to an activating group) is 1. The summed E-state index contributed by atoms with van der Waals surface area (Å²) < 4.78 is 0. The molecule has 0 aromatic carbocycles. The Morgan fingerprint density at radius 3 is 2.12 bits per heavy atom. The predicted molar refractivity (Wildman–Crippen MR) is 66.6 cm³/mol. The highest BCUT2D eigenvalue weighted by molar-refractivity contribution is 5.73. The molecule has 0 aliphatic heterocycles. The Kier molecular flexibility index (Phi) is 7.34. The van der Waals surface area contributed by atoms with Gasteiger partial charge in [0.25, 0.3) is 0 Å². The van der Waals surface area contributed by atoms with Crippen molar-refractivity contribution in [1.29, 1.82) is 0 Å². The van der Waals surface area contributed by atoms with E-state index in [9.17, 15) is 4.79 Å². The summed E-state index contributed by atoms with van der Waals surface area (Å²) in [5.74, 6) is -0.204. The molecule has 0 aliphatic carbocycles. The zero-order valence-corrected chi connectivity index (χ0v) is 11.2. The first kappa shape index (κ1) is 15.4. The second-order valence-corrected chi connectivity index (χ2v) is 4.96. The molecule has 0 saturated heterocycles. The summed E-state index contributed by atoms with van der Waals surface area (Å²) in [6.45, 7) is 12.7. The summed E-state index contributed by atoms with van der Waals surface area (Å²) in [6.07, 6.45) is 0. The molecule has 0 aromatic rings. The monoisotopic (exact) mass is 230 g/mol. The first-order chi connectivity index (χ1) is 7.36. The van der Waals surface area contributed by atoms with Gasteiger partial charge < -0.3 is 15.3 Å². The lowest BCUT2D eigenvalue weighted by Gasteiger charge is -2.27. The minimum atomic E-state index is -0.768. The maximum absolute atomic E-state index is 11.1. The van der Waals surface area contributed by atoms with Gasteiger partial charge in [0, 0.05) is 19.1 Å². The van der Waals surface area contributed by atoms with Gasteiger partial charge in [-0.05, 0) is 12.5 Å². The van der Waals surface area contributed by atoms with Crippen molar-refractivity contribution in [2.75, 3.05) is 19.6 Å². The molecule has 16 heavy (non-hydrogen) atoms. The van der Waals surface area contributed by atoms with E-state index in [2.05, 4.69) is 31.0 Å². The number of nitrogens with zero attached hydrogens (tertiary/aromatic N) is 1. The molecule has 1 atom stereocenters. The number of nitrogens with one attached hydrogen (secondary N) is 1. The van der Waals surface area contributed by atoms with Crippen LogP contribution in [-0.2, 0) is 4.79 Å². The summed E-state index contributed by atoms with van der Waals surface area (Å²) in [5, 5.41) is 12.2. The molecule has 0 fully saturated rings. The highest BCUT2D eigenvalue weighted by Gasteiger charge is 2.21. The molecule has 96 valence electrons. The van der Waals surface area contributed by atoms with Crippen LogP contribution in [0.15, 0.2) is 0 Å². The Bertz CT molecular complexity index is 205. The van der Waals surface area contributed by atoms with Gasteiger partial charge in [-0.2, -0.15) is 0 Å². The lowest BCUT2D eigenvalue weighted by molar-refractivity contribution is -0.140. The molecule has 0 amide bonds. The summed E-state index contributed by atoms with van der Waals surface area (Å²) in [6, 6.07) is -0.280. The van der Waals surface area contributed by atoms with Crippen LogP contribution in [0.1, 0.15) is 34.6 Å². The van der Waals surface area contributed by atoms with Crippen molar-refractivity contribution < 1.29 is 9.90 Å². The zero-order chi connectivity index (χ0) is 12.7. The molecule has 0 aliphatic rings. The van der Waals surface area contributed by atoms with Crippen LogP contribution >= 0.6 is 0 Å². The van der Waals surface area contributed by atoms with Crippen molar-refractivity contribution in [2.24, 2.45) is 5.92 Å². The lowest BCUT2D eigenvalue weighted by Crippen LogP contribution is -2.49. The van der Waals surface area contributed by atoms with Crippen molar-refractivity contribution in [1.82, 2.24) is 10.2 Å². The minimum Gasteiger partial charge on any atom is -0.480 e. The molecule has 1 unspecified atom stereocenters. The van der Waals surface area contributed by atoms with Crippen molar-refractivity contribution in [3.63, 3.8) is 0 Å². The molecular formula is C12H26N2O2. The quantitative estimate of drug-likeness (QED) is 0.662. The van der Waals surface area contributed by atoms with Crippen LogP contribution in [0.5, 0.6) is 0 Å². The molecule has 0 saturated carbocycles. The van der Waals surface area contributed by atoms with E-state index in [-0.39, 0.29) is 6.04 Å². The summed E-state index contributed by atoms with van der Waals surface area (Å²) in [4.78, 5) is 13.3. The van der Waals surface area contributed by atoms with Crippen molar-refractivity contribution in [3.05, 3.63) is 0 Å². The largest absolute Gasteiger partial charge is 0.480 e. The topological polar surface area (TPSA) is 52.6 Å². The number of hydrogen-bond acceptors (Lipinski definition) is 3. The maximum Gasteiger partial charge on any atom is 0.322 e. The predicted octanol–water partition coefficient (Wildman–Crippen LogP) is 1.42. The SMILES string of the molecule is CCN(CC(C)C)CC(NC(C)C)C(=O)O. The summed E-state index contributed by atoms with van der Waals surface area (Å²) in [5.41, 5.74) is 0. The van der Waals surface area contributed by atoms with Gasteiger partial charge in [0.15, 0.2) is 0 Å². The Labute approximate surface area is 99.0 Å². The third kappa shape index (κ3) is 6.80. The molecule has 0 spiro atoms. The third-order valence-electron chi connectivity index (χ3n) is 2.34. The fraction of sp³-hybridized carbons (Fsp3) is 0.917. The van der Waals surface area contributed by atoms with Gasteiger partial charge in [-0.3, -0.25) is 4.79 Å². The highest BCUT2D eigenvalue weighted by atomic mass is 16.4. The molecule has 4 heteroatoms. The second kappa shape index (κ2) is 7.63. The molecule has 0 aromatic heterocycles. The van der Waals surface area contributed by atoms with E-state index in [1.807, 2.05) is 13.8 Å². The molecule has 0 radical (unpaired) electrons. The van der Waals surface area contributed by atoms with Gasteiger partial charge in [0.05, 0.1) is 0 Å². The number of carbonyl (C=O) groups is 1. The summed E-state index contributed by atoms with van der Waals surface area (Å²) in [7, 11) is 0. The van der Waals surface area contributed by atoms with E-state index < -0.39 is 12.0 Å². The van der Waals surface area contributed by atoms with Crippen molar-refractivity contribution in [3.8, 4) is 0 Å². The zero-order valence-electron chi connectivity index (χ0n) is 11.2. The normalized spacial score (nSPS) is 13.8. The lowest BCUT2D eigenvalue weighted by atomic mass is 10.1. The van der Waals surface area contributed by atoms with E-state index in [1.54, 1.807) is 0 Å². The number of rotatable bonds is 8. The summed E-state index contributed by atoms with van der Waals surface area (Å²) >= 11 is 0. The Hall–Kier alpha value is -0.610. The standard InChI is InChI=1S/C12H26N2O2/c1-6-14(7-9(2)3)8-11(12(15)16)13-10(4)5/h9-11,13H,6-8H2,1-5H3,(H,15,16). The molecule has 0 heterocycles. The molecule has 0 bridgehead atoms. The number of hydrogen-bond donors (Lipinski definition) is 2. The number of carboxylic acids is 1. The van der Waals surface area contributed by atoms with Gasteiger partial charge in [0.2, 0.25) is 0 Å². The van der Waals surface area contributed by atoms with E-state index in [0.29, 0.717) is 12.5 Å². The van der Waals surface area contributed by atoms with Gasteiger partial charge >= 0.3 is 5.97 Å². The van der Waals surface area contributed by atoms with E-state index >= 15 is 0 Å². The van der Waals surface area contributed by atoms with Crippen LogP contribution in [0, 0.1) is 5.92 Å². The number of aliphatic carboxylic acids is 1. The first-order valence-corrected chi connectivity index (χ1v) is 6.08. The van der Waals surface area contributed by atoms with E-state index in [0.717, 1.165) is 13.1 Å². The van der Waals surface area contributed by atoms with Crippen LogP contribution in [0.3, 0.4) is 0 Å². The fourth-order valence-corrected chi connectivity index (χ4v) is 1.71. The van der Waals surface area contributed by atoms with Gasteiger partial charge in [-0.25, -0.2) is 0 Å². The fourth-order valence-electron chi connectivity index (χ4n) is 1.71. The minimum absolute atomic E-state index is 0.193. The maximum atomic E-state index is 11.1. The Morgan fingerprint density at radius 2 is 1.81 bits per heavy atom. The Morgan fingerprint density at radius 1 is 1.25 bits per heavy atom. The van der Waals surface area contributed by atoms with Gasteiger partial charge in [-0.1, -0.05) is 34.6 Å². The molecule has 2 N–H and O–H groups in total. The van der Waals surface area contributed by atoms with Crippen LogP contribution in [-0.4, -0.2) is 47.7 Å². The van der Waals surface area contributed by atoms with Crippen LogP contribution in [0.2, 0.25) is 0 Å². The van der Waals surface area contributed by atoms with Gasteiger partial charge in [-0.15, -0.1) is 0 Å². The number of carboxylic acid groups (broad SMARTS) is 1. The van der Waals surface area contributed by atoms with Crippen LogP contribution < -0.4 is 5.32 Å². The van der Waals surface area contributed by atoms with E-state index in [1.165, 1.54) is 0 Å². The average Bonchev–Trinajstić information content (AvgIpc) is 2.13. The third-order valence-corrected chi connectivity index (χ3v) is 2.34. The second-order valence-electron chi connectivity index (χ2n) is 4.96. The first-order valence-electron chi connectivity index (χ1n) is 6.08. The van der Waals surface area contributed by atoms with Crippen LogP contribution in [0.4, 0.5) is 0 Å². The van der Waals surface area contributed by atoms with Crippen LogP contribution in [0.25, 0.3) is 0 Å². The van der Waals surface area contributed by atoms with Crippen molar-refractivity contribution >= 4 is 5.97 Å². The molecule has 0 rings (SSSR count). The average molecular weight is 230 g/mol. The van der Waals surface area contributed by atoms with Crippen molar-refractivity contribution in [2.45, 2.75) is 46.7 Å². The Balaban J connectivity index is 4.28. The van der Waals surface area contributed by atoms with Gasteiger partial charge in [0.1, 0.15) is 6.04 Å². The molecule has 4 nitrogen and oxygen atoms in total.